The van der Waals surface area contributed by atoms with Crippen molar-refractivity contribution in [3.05, 3.63) is 22.4 Å². The van der Waals surface area contributed by atoms with Crippen molar-refractivity contribution in [3.63, 3.8) is 0 Å². The van der Waals surface area contributed by atoms with Gasteiger partial charge in [-0.15, -0.1) is 11.3 Å². The van der Waals surface area contributed by atoms with E-state index in [-0.39, 0.29) is 29.9 Å². The molecule has 4 N–H and O–H groups in total. The van der Waals surface area contributed by atoms with Crippen LogP contribution in [0.15, 0.2) is 17.5 Å². The summed E-state index contributed by atoms with van der Waals surface area (Å²) in [4.78, 5) is 46.2. The summed E-state index contributed by atoms with van der Waals surface area (Å²) in [5.41, 5.74) is 0.503. The molecule has 3 atom stereocenters. The maximum atomic E-state index is 14.2. The molecule has 2 saturated carbocycles. The van der Waals surface area contributed by atoms with Gasteiger partial charge in [-0.2, -0.15) is 0 Å². The van der Waals surface area contributed by atoms with Gasteiger partial charge in [0, 0.05) is 43.1 Å². The maximum Gasteiger partial charge on any atom is 0.317 e. The molecule has 1 aromatic heterocycles. The Balaban J connectivity index is 1.12. The zero-order valence-corrected chi connectivity index (χ0v) is 26.6. The summed E-state index contributed by atoms with van der Waals surface area (Å²) in [6, 6.07) is 3.85. The van der Waals surface area contributed by atoms with E-state index in [1.165, 1.54) is 32.1 Å². The molecule has 3 saturated heterocycles. The number of rotatable bonds is 9. The van der Waals surface area contributed by atoms with Gasteiger partial charge in [-0.3, -0.25) is 9.59 Å². The van der Waals surface area contributed by atoms with E-state index in [0.29, 0.717) is 43.4 Å². The third-order valence-electron chi connectivity index (χ3n) is 11.0. The van der Waals surface area contributed by atoms with E-state index in [4.69, 9.17) is 0 Å². The van der Waals surface area contributed by atoms with E-state index >= 15 is 0 Å². The molecule has 1 spiro atoms. The van der Waals surface area contributed by atoms with E-state index in [1.807, 2.05) is 27.3 Å². The Hall–Kier alpha value is -2.17. The fraction of sp³-hybridized carbons (Fsp3) is 0.788. The summed E-state index contributed by atoms with van der Waals surface area (Å²) in [6.07, 6.45) is 14.4. The summed E-state index contributed by atoms with van der Waals surface area (Å²) in [5, 5.41) is 15.6. The number of nitrogens with zero attached hydrogens (tertiary/aromatic N) is 2. The Morgan fingerprint density at radius 1 is 0.953 bits per heavy atom. The van der Waals surface area contributed by atoms with Gasteiger partial charge in [0.25, 0.3) is 0 Å². The largest absolute Gasteiger partial charge is 0.351 e. The van der Waals surface area contributed by atoms with Crippen LogP contribution in [-0.2, 0) is 16.1 Å². The zero-order valence-electron chi connectivity index (χ0n) is 25.8. The zero-order chi connectivity index (χ0) is 29.6. The molecule has 6 rings (SSSR count). The molecule has 0 bridgehead atoms. The second-order valence-corrected chi connectivity index (χ2v) is 15.0. The van der Waals surface area contributed by atoms with Crippen LogP contribution in [-0.4, -0.2) is 85.0 Å². The van der Waals surface area contributed by atoms with Crippen LogP contribution < -0.4 is 21.3 Å². The van der Waals surface area contributed by atoms with Crippen LogP contribution in [0.2, 0.25) is 0 Å². The molecular formula is C33H52N6O3S. The van der Waals surface area contributed by atoms with Crippen molar-refractivity contribution in [1.29, 1.82) is 0 Å². The number of piperidine rings is 3. The van der Waals surface area contributed by atoms with Crippen LogP contribution in [0.4, 0.5) is 4.79 Å². The molecule has 3 aliphatic heterocycles. The van der Waals surface area contributed by atoms with Crippen LogP contribution in [0.25, 0.3) is 0 Å². The molecule has 4 heterocycles. The standard InChI is InChI=1S/C33H52N6O3S/c40-30(35-22-26-7-4-20-43-26)27-23-39(17-10-28(27)37-32(42)38-18-13-33(11-12-33)14-19-38)31(41)29(21-24-8-15-34-16-9-24)36-25-5-2-1-3-6-25/h4,7,20,24-25,27-29,34,36H,1-3,5-6,8-19,21-23H2,(H,35,40)(H,37,42)/t27-,28+,29+/m0/s1. The molecule has 43 heavy (non-hydrogen) atoms. The predicted molar refractivity (Wildman–Crippen MR) is 170 cm³/mol. The minimum atomic E-state index is -0.476. The van der Waals surface area contributed by atoms with Crippen molar-refractivity contribution in [2.24, 2.45) is 17.3 Å². The average Bonchev–Trinajstić information content (AvgIpc) is 3.57. The lowest BCUT2D eigenvalue weighted by Gasteiger charge is -2.41. The van der Waals surface area contributed by atoms with Gasteiger partial charge < -0.3 is 31.1 Å². The first-order chi connectivity index (χ1) is 21.0. The Labute approximate surface area is 261 Å². The lowest BCUT2D eigenvalue weighted by molar-refractivity contribution is -0.139. The van der Waals surface area contributed by atoms with Crippen LogP contribution in [0, 0.1) is 17.3 Å². The Morgan fingerprint density at radius 3 is 2.42 bits per heavy atom. The molecule has 5 aliphatic rings. The van der Waals surface area contributed by atoms with Crippen molar-refractivity contribution in [2.75, 3.05) is 39.3 Å². The van der Waals surface area contributed by atoms with Gasteiger partial charge in [0.05, 0.1) is 18.5 Å². The highest BCUT2D eigenvalue weighted by atomic mass is 32.1. The minimum absolute atomic E-state index is 0.0564. The molecule has 2 aliphatic carbocycles. The second kappa shape index (κ2) is 14.3. The Bertz CT molecular complexity index is 1050. The Morgan fingerprint density at radius 2 is 1.72 bits per heavy atom. The molecule has 0 unspecified atom stereocenters. The summed E-state index contributed by atoms with van der Waals surface area (Å²) >= 11 is 1.62. The van der Waals surface area contributed by atoms with E-state index < -0.39 is 5.92 Å². The molecule has 9 nitrogen and oxygen atoms in total. The smallest absolute Gasteiger partial charge is 0.317 e. The predicted octanol–water partition coefficient (Wildman–Crippen LogP) is 3.85. The summed E-state index contributed by atoms with van der Waals surface area (Å²) in [6.45, 7) is 5.01. The lowest BCUT2D eigenvalue weighted by atomic mass is 9.87. The second-order valence-electron chi connectivity index (χ2n) is 14.0. The van der Waals surface area contributed by atoms with E-state index in [9.17, 15) is 14.4 Å². The molecule has 0 aromatic carbocycles. The van der Waals surface area contributed by atoms with Gasteiger partial charge in [-0.05, 0) is 100 Å². The third-order valence-corrected chi connectivity index (χ3v) is 11.9. The van der Waals surface area contributed by atoms with Crippen LogP contribution in [0.3, 0.4) is 0 Å². The SMILES string of the molecule is O=C(NCc1cccs1)[C@H]1CN(C(=O)[C@@H](CC2CCNCC2)NC2CCCCC2)CC[C@H]1NC(=O)N1CCC2(CC1)CC2. The summed E-state index contributed by atoms with van der Waals surface area (Å²) < 4.78 is 0. The quantitative estimate of drug-likeness (QED) is 0.339. The van der Waals surface area contributed by atoms with Crippen molar-refractivity contribution >= 4 is 29.2 Å². The number of urea groups is 1. The fourth-order valence-corrected chi connectivity index (χ4v) is 8.53. The van der Waals surface area contributed by atoms with Crippen molar-refractivity contribution in [3.8, 4) is 0 Å². The van der Waals surface area contributed by atoms with Gasteiger partial charge >= 0.3 is 6.03 Å². The average molecular weight is 613 g/mol. The number of carbonyl (C=O) groups excluding carboxylic acids is 3. The van der Waals surface area contributed by atoms with Crippen molar-refractivity contribution in [1.82, 2.24) is 31.1 Å². The van der Waals surface area contributed by atoms with Crippen molar-refractivity contribution in [2.45, 2.75) is 108 Å². The highest BCUT2D eigenvalue weighted by Gasteiger charge is 2.46. The number of hydrogen-bond donors (Lipinski definition) is 4. The van der Waals surface area contributed by atoms with Crippen molar-refractivity contribution < 1.29 is 14.4 Å². The lowest BCUT2D eigenvalue weighted by Crippen LogP contribution is -2.61. The molecule has 10 heteroatoms. The monoisotopic (exact) mass is 612 g/mol. The number of amides is 4. The Kier molecular flexibility index (Phi) is 10.2. The van der Waals surface area contributed by atoms with Gasteiger partial charge in [-0.1, -0.05) is 25.3 Å². The molecular weight excluding hydrogens is 560 g/mol. The van der Waals surface area contributed by atoms with Crippen LogP contribution in [0.1, 0.15) is 88.3 Å². The van der Waals surface area contributed by atoms with E-state index in [1.54, 1.807) is 11.3 Å². The van der Waals surface area contributed by atoms with Gasteiger partial charge in [0.15, 0.2) is 0 Å². The highest BCUT2D eigenvalue weighted by molar-refractivity contribution is 7.09. The third kappa shape index (κ3) is 8.11. The number of hydrogen-bond acceptors (Lipinski definition) is 6. The molecule has 238 valence electrons. The maximum absolute atomic E-state index is 14.2. The van der Waals surface area contributed by atoms with Crippen LogP contribution >= 0.6 is 11.3 Å². The number of likely N-dealkylation sites (tertiary alicyclic amines) is 2. The highest BCUT2D eigenvalue weighted by Crippen LogP contribution is 2.53. The van der Waals surface area contributed by atoms with E-state index in [2.05, 4.69) is 21.3 Å². The minimum Gasteiger partial charge on any atom is -0.351 e. The number of nitrogens with one attached hydrogen (secondary N) is 4. The summed E-state index contributed by atoms with van der Waals surface area (Å²) in [7, 11) is 0. The molecule has 0 radical (unpaired) electrons. The fourth-order valence-electron chi connectivity index (χ4n) is 7.88. The van der Waals surface area contributed by atoms with Crippen LogP contribution in [0.5, 0.6) is 0 Å². The molecule has 1 aromatic rings. The van der Waals surface area contributed by atoms with Gasteiger partial charge in [0.2, 0.25) is 11.8 Å². The first kappa shape index (κ1) is 30.8. The first-order valence-corrected chi connectivity index (χ1v) is 18.0. The molecule has 4 amide bonds. The number of carbonyl (C=O) groups is 3. The van der Waals surface area contributed by atoms with Gasteiger partial charge in [0.1, 0.15) is 0 Å². The normalized spacial score (nSPS) is 27.1. The van der Waals surface area contributed by atoms with E-state index in [0.717, 1.165) is 76.0 Å². The molecule has 5 fully saturated rings. The topological polar surface area (TPSA) is 106 Å². The van der Waals surface area contributed by atoms with Gasteiger partial charge in [-0.25, -0.2) is 4.79 Å². The summed E-state index contributed by atoms with van der Waals surface area (Å²) in [5.74, 6) is 0.111. The first-order valence-electron chi connectivity index (χ1n) is 17.1. The number of thiophene rings is 1.